The molecule has 7 heteroatoms. The van der Waals surface area contributed by atoms with E-state index in [1.807, 2.05) is 18.2 Å². The first-order valence-electron chi connectivity index (χ1n) is 10.1. The largest absolute Gasteiger partial charge is 0.492 e. The molecule has 0 aliphatic rings. The highest BCUT2D eigenvalue weighted by atomic mass is 19.1. The van der Waals surface area contributed by atoms with Gasteiger partial charge in [-0.15, -0.1) is 0 Å². The van der Waals surface area contributed by atoms with Gasteiger partial charge in [-0.25, -0.2) is 4.39 Å². The van der Waals surface area contributed by atoms with Gasteiger partial charge in [-0.2, -0.15) is 0 Å². The number of hydrogen-bond acceptors (Lipinski definition) is 4. The van der Waals surface area contributed by atoms with Gasteiger partial charge >= 0.3 is 0 Å². The van der Waals surface area contributed by atoms with E-state index in [9.17, 15) is 14.0 Å². The third-order valence-corrected chi connectivity index (χ3v) is 4.73. The lowest BCUT2D eigenvalue weighted by Crippen LogP contribution is -2.29. The lowest BCUT2D eigenvalue weighted by Gasteiger charge is -2.08. The average molecular weight is 432 g/mol. The van der Waals surface area contributed by atoms with Gasteiger partial charge < -0.3 is 19.8 Å². The molecule has 0 fully saturated rings. The number of anilines is 1. The summed E-state index contributed by atoms with van der Waals surface area (Å²) in [4.78, 5) is 24.5. The van der Waals surface area contributed by atoms with Gasteiger partial charge in [-0.05, 0) is 54.1 Å². The number of fused-ring (bicyclic) bond motifs is 1. The summed E-state index contributed by atoms with van der Waals surface area (Å²) in [7, 11) is 0. The van der Waals surface area contributed by atoms with Crippen molar-refractivity contribution in [3.63, 3.8) is 0 Å². The summed E-state index contributed by atoms with van der Waals surface area (Å²) in [6.45, 7) is 0.617. The van der Waals surface area contributed by atoms with Gasteiger partial charge in [0.05, 0.1) is 13.0 Å². The molecular weight excluding hydrogens is 411 g/mol. The van der Waals surface area contributed by atoms with Gasteiger partial charge in [0, 0.05) is 11.1 Å². The summed E-state index contributed by atoms with van der Waals surface area (Å²) in [5, 5.41) is 6.42. The van der Waals surface area contributed by atoms with E-state index in [1.54, 1.807) is 36.4 Å². The average Bonchev–Trinajstić information content (AvgIpc) is 3.24. The Hall–Kier alpha value is -4.13. The van der Waals surface area contributed by atoms with Crippen LogP contribution in [0.25, 0.3) is 11.0 Å². The Labute approximate surface area is 184 Å². The number of rotatable bonds is 8. The SMILES string of the molecule is O=C(Cc1ccc(NC(=O)c2cc3ccccc3o2)cc1)NCCOc1ccc(F)cc1. The fraction of sp³-hybridized carbons (Fsp3) is 0.120. The van der Waals surface area contributed by atoms with Crippen LogP contribution in [0.15, 0.2) is 83.3 Å². The topological polar surface area (TPSA) is 80.6 Å². The molecule has 0 saturated heterocycles. The first kappa shape index (κ1) is 21.1. The van der Waals surface area contributed by atoms with Crippen molar-refractivity contribution in [3.05, 3.63) is 96.0 Å². The molecule has 0 spiro atoms. The smallest absolute Gasteiger partial charge is 0.291 e. The molecule has 0 aliphatic carbocycles. The maximum atomic E-state index is 12.9. The molecule has 162 valence electrons. The second-order valence-corrected chi connectivity index (χ2v) is 7.13. The Morgan fingerprint density at radius 1 is 0.938 bits per heavy atom. The summed E-state index contributed by atoms with van der Waals surface area (Å²) >= 11 is 0. The minimum Gasteiger partial charge on any atom is -0.492 e. The van der Waals surface area contributed by atoms with Crippen molar-refractivity contribution >= 4 is 28.5 Å². The van der Waals surface area contributed by atoms with Crippen molar-refractivity contribution in [2.45, 2.75) is 6.42 Å². The molecule has 1 heterocycles. The van der Waals surface area contributed by atoms with Crippen LogP contribution >= 0.6 is 0 Å². The monoisotopic (exact) mass is 432 g/mol. The number of carbonyl (C=O) groups is 2. The first-order valence-corrected chi connectivity index (χ1v) is 10.1. The Morgan fingerprint density at radius 2 is 1.69 bits per heavy atom. The number of hydrogen-bond donors (Lipinski definition) is 2. The van der Waals surface area contributed by atoms with E-state index in [1.165, 1.54) is 24.3 Å². The van der Waals surface area contributed by atoms with Crippen molar-refractivity contribution in [3.8, 4) is 5.75 Å². The van der Waals surface area contributed by atoms with Crippen molar-refractivity contribution in [1.82, 2.24) is 5.32 Å². The standard InChI is InChI=1S/C25H21FN2O4/c26-19-7-11-21(12-8-19)31-14-13-27-24(29)15-17-5-9-20(10-6-17)28-25(30)23-16-18-3-1-2-4-22(18)32-23/h1-12,16H,13-15H2,(H,27,29)(H,28,30). The predicted octanol–water partition coefficient (Wildman–Crippen LogP) is 4.56. The molecule has 0 atom stereocenters. The van der Waals surface area contributed by atoms with E-state index >= 15 is 0 Å². The lowest BCUT2D eigenvalue weighted by molar-refractivity contribution is -0.120. The Balaban J connectivity index is 1.22. The number of benzene rings is 3. The van der Waals surface area contributed by atoms with Crippen LogP contribution in [-0.4, -0.2) is 25.0 Å². The number of carbonyl (C=O) groups excluding carboxylic acids is 2. The first-order chi connectivity index (χ1) is 15.6. The van der Waals surface area contributed by atoms with Gasteiger partial charge in [0.2, 0.25) is 5.91 Å². The molecule has 4 aromatic rings. The minimum absolute atomic E-state index is 0.147. The fourth-order valence-electron chi connectivity index (χ4n) is 3.13. The minimum atomic E-state index is -0.340. The van der Waals surface area contributed by atoms with Crippen LogP contribution in [-0.2, 0) is 11.2 Å². The Kier molecular flexibility index (Phi) is 6.46. The second-order valence-electron chi connectivity index (χ2n) is 7.13. The van der Waals surface area contributed by atoms with Crippen LogP contribution < -0.4 is 15.4 Å². The quantitative estimate of drug-likeness (QED) is 0.400. The molecule has 0 radical (unpaired) electrons. The molecule has 32 heavy (non-hydrogen) atoms. The third-order valence-electron chi connectivity index (χ3n) is 4.73. The molecule has 3 aromatic carbocycles. The molecule has 1 aromatic heterocycles. The van der Waals surface area contributed by atoms with Gasteiger partial charge in [-0.1, -0.05) is 30.3 Å². The molecule has 4 rings (SSSR count). The molecule has 2 amide bonds. The molecule has 6 nitrogen and oxygen atoms in total. The zero-order chi connectivity index (χ0) is 22.3. The van der Waals surface area contributed by atoms with Crippen LogP contribution in [0.2, 0.25) is 0 Å². The van der Waals surface area contributed by atoms with Crippen molar-refractivity contribution in [2.75, 3.05) is 18.5 Å². The van der Waals surface area contributed by atoms with Gasteiger partial charge in [0.15, 0.2) is 5.76 Å². The van der Waals surface area contributed by atoms with Crippen LogP contribution in [0.4, 0.5) is 10.1 Å². The highest BCUT2D eigenvalue weighted by molar-refractivity contribution is 6.04. The molecule has 2 N–H and O–H groups in total. The molecule has 0 saturated carbocycles. The molecule has 0 unspecified atom stereocenters. The summed E-state index contributed by atoms with van der Waals surface area (Å²) in [5.41, 5.74) is 2.07. The molecular formula is C25H21FN2O4. The Morgan fingerprint density at radius 3 is 2.44 bits per heavy atom. The number of furan rings is 1. The highest BCUT2D eigenvalue weighted by Gasteiger charge is 2.12. The maximum absolute atomic E-state index is 12.9. The summed E-state index contributed by atoms with van der Waals surface area (Å²) in [6.07, 6.45) is 0.203. The third kappa shape index (κ3) is 5.51. The predicted molar refractivity (Wildman–Crippen MR) is 119 cm³/mol. The van der Waals surface area contributed by atoms with Crippen LogP contribution in [0, 0.1) is 5.82 Å². The van der Waals surface area contributed by atoms with E-state index in [2.05, 4.69) is 10.6 Å². The summed E-state index contributed by atoms with van der Waals surface area (Å²) < 4.78 is 23.9. The van der Waals surface area contributed by atoms with Gasteiger partial charge in [0.25, 0.3) is 5.91 Å². The van der Waals surface area contributed by atoms with Crippen LogP contribution in [0.3, 0.4) is 0 Å². The molecule has 0 aliphatic heterocycles. The van der Waals surface area contributed by atoms with Crippen molar-refractivity contribution in [1.29, 1.82) is 0 Å². The molecule has 0 bridgehead atoms. The number of nitrogens with one attached hydrogen (secondary N) is 2. The van der Waals surface area contributed by atoms with E-state index < -0.39 is 0 Å². The number of halogens is 1. The second kappa shape index (κ2) is 9.78. The van der Waals surface area contributed by atoms with Gasteiger partial charge in [0.1, 0.15) is 23.8 Å². The zero-order valence-electron chi connectivity index (χ0n) is 17.1. The number of para-hydroxylation sites is 1. The van der Waals surface area contributed by atoms with E-state index in [-0.39, 0.29) is 36.4 Å². The number of amides is 2. The van der Waals surface area contributed by atoms with Crippen molar-refractivity contribution in [2.24, 2.45) is 0 Å². The van der Waals surface area contributed by atoms with E-state index in [4.69, 9.17) is 9.15 Å². The summed E-state index contributed by atoms with van der Waals surface area (Å²) in [5.74, 6) is -0.0381. The van der Waals surface area contributed by atoms with Crippen molar-refractivity contribution < 1.29 is 23.1 Å². The Bertz CT molecular complexity index is 1180. The number of ether oxygens (including phenoxy) is 1. The normalized spacial score (nSPS) is 10.7. The maximum Gasteiger partial charge on any atom is 0.291 e. The zero-order valence-corrected chi connectivity index (χ0v) is 17.1. The van der Waals surface area contributed by atoms with Gasteiger partial charge in [-0.3, -0.25) is 9.59 Å². The van der Waals surface area contributed by atoms with E-state index in [0.29, 0.717) is 23.6 Å². The van der Waals surface area contributed by atoms with Crippen LogP contribution in [0.5, 0.6) is 5.75 Å². The lowest BCUT2D eigenvalue weighted by atomic mass is 10.1. The summed E-state index contributed by atoms with van der Waals surface area (Å²) in [6, 6.07) is 21.8. The fourth-order valence-corrected chi connectivity index (χ4v) is 3.13. The van der Waals surface area contributed by atoms with Crippen LogP contribution in [0.1, 0.15) is 16.1 Å². The highest BCUT2D eigenvalue weighted by Crippen LogP contribution is 2.20. The van der Waals surface area contributed by atoms with E-state index in [0.717, 1.165) is 10.9 Å².